The van der Waals surface area contributed by atoms with Crippen molar-refractivity contribution >= 4 is 10.9 Å². The highest BCUT2D eigenvalue weighted by molar-refractivity contribution is 5.86. The lowest BCUT2D eigenvalue weighted by atomic mass is 10.1. The van der Waals surface area contributed by atoms with Crippen molar-refractivity contribution < 1.29 is 13.9 Å². The molecule has 0 unspecified atom stereocenters. The van der Waals surface area contributed by atoms with Crippen molar-refractivity contribution in [3.63, 3.8) is 0 Å². The van der Waals surface area contributed by atoms with E-state index in [0.29, 0.717) is 17.9 Å². The summed E-state index contributed by atoms with van der Waals surface area (Å²) in [5.41, 5.74) is 4.16. The first-order valence-electron chi connectivity index (χ1n) is 8.30. The van der Waals surface area contributed by atoms with Crippen molar-refractivity contribution in [3.05, 3.63) is 59.0 Å². The van der Waals surface area contributed by atoms with E-state index in [1.807, 2.05) is 12.1 Å². The van der Waals surface area contributed by atoms with Crippen LogP contribution < -0.4 is 14.8 Å². The van der Waals surface area contributed by atoms with Crippen molar-refractivity contribution in [1.82, 2.24) is 10.3 Å². The van der Waals surface area contributed by atoms with Gasteiger partial charge in [-0.3, -0.25) is 0 Å². The Bertz CT molecular complexity index is 874. The molecule has 4 nitrogen and oxygen atoms in total. The monoisotopic (exact) mass is 342 g/mol. The summed E-state index contributed by atoms with van der Waals surface area (Å²) < 4.78 is 24.3. The van der Waals surface area contributed by atoms with Crippen LogP contribution in [-0.2, 0) is 13.0 Å². The number of rotatable bonds is 7. The molecule has 25 heavy (non-hydrogen) atoms. The molecule has 0 spiro atoms. The number of hydrogen-bond donors (Lipinski definition) is 2. The maximum Gasteiger partial charge on any atom is 0.131 e. The highest BCUT2D eigenvalue weighted by Gasteiger charge is 2.10. The van der Waals surface area contributed by atoms with Crippen LogP contribution in [-0.4, -0.2) is 25.7 Å². The van der Waals surface area contributed by atoms with E-state index < -0.39 is 0 Å². The fourth-order valence-corrected chi connectivity index (χ4v) is 3.05. The minimum absolute atomic E-state index is 0.250. The van der Waals surface area contributed by atoms with Gasteiger partial charge in [-0.15, -0.1) is 0 Å². The van der Waals surface area contributed by atoms with E-state index in [4.69, 9.17) is 9.47 Å². The number of aromatic nitrogens is 1. The lowest BCUT2D eigenvalue weighted by Crippen LogP contribution is -2.17. The van der Waals surface area contributed by atoms with E-state index in [0.717, 1.165) is 29.9 Å². The third-order valence-corrected chi connectivity index (χ3v) is 4.45. The highest BCUT2D eigenvalue weighted by atomic mass is 19.1. The van der Waals surface area contributed by atoms with Gasteiger partial charge in [-0.1, -0.05) is 6.07 Å². The predicted molar refractivity (Wildman–Crippen MR) is 98.0 cm³/mol. The molecule has 132 valence electrons. The van der Waals surface area contributed by atoms with Crippen LogP contribution in [0.15, 0.2) is 36.4 Å². The summed E-state index contributed by atoms with van der Waals surface area (Å²) in [6.07, 6.45) is 0.858. The van der Waals surface area contributed by atoms with Gasteiger partial charge in [0.1, 0.15) is 17.3 Å². The summed E-state index contributed by atoms with van der Waals surface area (Å²) in [6.45, 7) is 3.32. The molecule has 1 aromatic heterocycles. The normalized spacial score (nSPS) is 11.0. The van der Waals surface area contributed by atoms with Gasteiger partial charge in [0.25, 0.3) is 0 Å². The first-order valence-corrected chi connectivity index (χ1v) is 8.30. The quantitative estimate of drug-likeness (QED) is 0.639. The Morgan fingerprint density at radius 1 is 1.04 bits per heavy atom. The minimum atomic E-state index is -0.250. The smallest absolute Gasteiger partial charge is 0.131 e. The summed E-state index contributed by atoms with van der Waals surface area (Å²) >= 11 is 0. The molecule has 1 heterocycles. The van der Waals surface area contributed by atoms with Crippen LogP contribution in [0.2, 0.25) is 0 Å². The van der Waals surface area contributed by atoms with Crippen LogP contribution in [0.3, 0.4) is 0 Å². The van der Waals surface area contributed by atoms with Gasteiger partial charge in [0.2, 0.25) is 0 Å². The van der Waals surface area contributed by atoms with Crippen molar-refractivity contribution in [1.29, 1.82) is 0 Å². The second-order valence-electron chi connectivity index (χ2n) is 6.02. The molecule has 0 fully saturated rings. The van der Waals surface area contributed by atoms with E-state index >= 15 is 0 Å². The van der Waals surface area contributed by atoms with Crippen molar-refractivity contribution in [2.45, 2.75) is 19.9 Å². The van der Waals surface area contributed by atoms with Crippen LogP contribution in [0.4, 0.5) is 4.39 Å². The molecule has 3 rings (SSSR count). The molecule has 0 bridgehead atoms. The molecular weight excluding hydrogens is 319 g/mol. The molecule has 5 heteroatoms. The van der Waals surface area contributed by atoms with Crippen LogP contribution in [0.1, 0.15) is 16.8 Å². The van der Waals surface area contributed by atoms with Crippen LogP contribution >= 0.6 is 0 Å². The van der Waals surface area contributed by atoms with Gasteiger partial charge in [0.15, 0.2) is 0 Å². The lowest BCUT2D eigenvalue weighted by molar-refractivity contribution is 0.410. The van der Waals surface area contributed by atoms with Gasteiger partial charge >= 0.3 is 0 Å². The molecule has 2 N–H and O–H groups in total. The molecule has 2 aromatic carbocycles. The Balaban J connectivity index is 1.64. The molecule has 0 amide bonds. The summed E-state index contributed by atoms with van der Waals surface area (Å²) in [5, 5.41) is 4.49. The summed E-state index contributed by atoms with van der Waals surface area (Å²) in [5.74, 6) is 1.13. The third kappa shape index (κ3) is 3.77. The molecule has 0 aliphatic rings. The minimum Gasteiger partial charge on any atom is -0.497 e. The molecule has 0 aliphatic heterocycles. The fraction of sp³-hybridized carbons (Fsp3) is 0.300. The second-order valence-corrected chi connectivity index (χ2v) is 6.02. The van der Waals surface area contributed by atoms with Gasteiger partial charge in [0, 0.05) is 34.8 Å². The first kappa shape index (κ1) is 17.3. The highest BCUT2D eigenvalue weighted by Crippen LogP contribution is 2.26. The Morgan fingerprint density at radius 3 is 2.48 bits per heavy atom. The maximum atomic E-state index is 14.0. The Labute approximate surface area is 147 Å². The molecule has 0 radical (unpaired) electrons. The number of H-pyrrole nitrogens is 1. The fourth-order valence-electron chi connectivity index (χ4n) is 3.05. The average Bonchev–Trinajstić information content (AvgIpc) is 2.94. The maximum absolute atomic E-state index is 14.0. The molecule has 0 saturated carbocycles. The molecular formula is C20H23FN2O2. The number of fused-ring (bicyclic) bond motifs is 1. The first-order chi connectivity index (χ1) is 12.1. The molecule has 0 saturated heterocycles. The molecule has 3 aromatic rings. The summed E-state index contributed by atoms with van der Waals surface area (Å²) in [6, 6.07) is 11.0. The number of aryl methyl sites for hydroxylation is 1. The second kappa shape index (κ2) is 7.57. The Hall–Kier alpha value is -2.53. The zero-order chi connectivity index (χ0) is 17.8. The Kier molecular flexibility index (Phi) is 5.24. The summed E-state index contributed by atoms with van der Waals surface area (Å²) in [7, 11) is 3.20. The number of halogens is 1. The number of methoxy groups -OCH3 is 2. The van der Waals surface area contributed by atoms with Gasteiger partial charge in [-0.05, 0) is 49.7 Å². The van der Waals surface area contributed by atoms with Gasteiger partial charge < -0.3 is 19.8 Å². The van der Waals surface area contributed by atoms with Crippen molar-refractivity contribution in [3.8, 4) is 11.5 Å². The molecule has 0 atom stereocenters. The lowest BCUT2D eigenvalue weighted by Gasteiger charge is -2.08. The third-order valence-electron chi connectivity index (χ3n) is 4.45. The number of aromatic amines is 1. The summed E-state index contributed by atoms with van der Waals surface area (Å²) in [4.78, 5) is 3.40. The molecule has 0 aliphatic carbocycles. The number of nitrogens with one attached hydrogen (secondary N) is 2. The predicted octanol–water partition coefficient (Wildman–Crippen LogP) is 3.96. The van der Waals surface area contributed by atoms with Crippen LogP contribution in [0.5, 0.6) is 11.5 Å². The SMILES string of the molecule is COc1ccc(CNCCc2c(C)[nH]c3ccc(OC)cc23)c(F)c1. The number of ether oxygens (including phenoxy) is 2. The standard InChI is InChI=1S/C20H23FN2O2/c1-13-17(18-10-15(24-2)6-7-20(18)23-13)8-9-22-12-14-4-5-16(25-3)11-19(14)21/h4-7,10-11,22-23H,8-9,12H2,1-3H3. The number of benzene rings is 2. The zero-order valence-electron chi connectivity index (χ0n) is 14.8. The van der Waals surface area contributed by atoms with E-state index in [-0.39, 0.29) is 5.82 Å². The average molecular weight is 342 g/mol. The van der Waals surface area contributed by atoms with E-state index in [2.05, 4.69) is 23.3 Å². The largest absolute Gasteiger partial charge is 0.497 e. The van der Waals surface area contributed by atoms with E-state index in [1.54, 1.807) is 19.2 Å². The van der Waals surface area contributed by atoms with Crippen molar-refractivity contribution in [2.24, 2.45) is 0 Å². The Morgan fingerprint density at radius 2 is 1.76 bits per heavy atom. The van der Waals surface area contributed by atoms with E-state index in [1.165, 1.54) is 24.1 Å². The van der Waals surface area contributed by atoms with Crippen LogP contribution in [0, 0.1) is 12.7 Å². The van der Waals surface area contributed by atoms with Gasteiger partial charge in [-0.2, -0.15) is 0 Å². The van der Waals surface area contributed by atoms with Gasteiger partial charge in [0.05, 0.1) is 14.2 Å². The number of hydrogen-bond acceptors (Lipinski definition) is 3. The van der Waals surface area contributed by atoms with Crippen molar-refractivity contribution in [2.75, 3.05) is 20.8 Å². The van der Waals surface area contributed by atoms with Gasteiger partial charge in [-0.25, -0.2) is 4.39 Å². The zero-order valence-corrected chi connectivity index (χ0v) is 14.8. The topological polar surface area (TPSA) is 46.3 Å². The van der Waals surface area contributed by atoms with E-state index in [9.17, 15) is 4.39 Å². The van der Waals surface area contributed by atoms with Crippen LogP contribution in [0.25, 0.3) is 10.9 Å².